The Morgan fingerprint density at radius 1 is 0.912 bits per heavy atom. The van der Waals surface area contributed by atoms with E-state index in [2.05, 4.69) is 21.4 Å². The van der Waals surface area contributed by atoms with E-state index in [1.54, 1.807) is 54.6 Å². The lowest BCUT2D eigenvalue weighted by molar-refractivity contribution is -0.136. The molecule has 0 heterocycles. The number of esters is 1. The summed E-state index contributed by atoms with van der Waals surface area (Å²) in [7, 11) is -1.57. The second kappa shape index (κ2) is 10.7. The van der Waals surface area contributed by atoms with Gasteiger partial charge < -0.3 is 14.8 Å². The topological polar surface area (TPSA) is 111 Å². The van der Waals surface area contributed by atoms with Crippen molar-refractivity contribution in [2.75, 3.05) is 19.5 Å². The van der Waals surface area contributed by atoms with Gasteiger partial charge in [0, 0.05) is 17.7 Å². The summed E-state index contributed by atoms with van der Waals surface area (Å²) < 4.78 is 38.0. The van der Waals surface area contributed by atoms with Crippen molar-refractivity contribution in [2.45, 2.75) is 11.3 Å². The lowest BCUT2D eigenvalue weighted by Crippen LogP contribution is -2.28. The van der Waals surface area contributed by atoms with Crippen LogP contribution in [0.4, 0.5) is 5.69 Å². The van der Waals surface area contributed by atoms with E-state index in [1.807, 2.05) is 6.07 Å². The van der Waals surface area contributed by atoms with Crippen LogP contribution in [-0.4, -0.2) is 34.5 Å². The second-order valence-corrected chi connectivity index (χ2v) is 8.85. The number of rotatable bonds is 9. The zero-order chi connectivity index (χ0) is 24.7. The first-order valence-corrected chi connectivity index (χ1v) is 11.6. The number of carbonyl (C=O) groups excluding carboxylic acids is 2. The fourth-order valence-corrected chi connectivity index (χ4v) is 4.49. The summed E-state index contributed by atoms with van der Waals surface area (Å²) in [5.41, 5.74) is 1.69. The minimum absolute atomic E-state index is 0.0671. The number of nitrogens with one attached hydrogen (secondary N) is 2. The molecule has 2 N–H and O–H groups in total. The number of hydrogen-bond donors (Lipinski definition) is 2. The Kier molecular flexibility index (Phi) is 7.70. The molecule has 3 aromatic rings. The van der Waals surface area contributed by atoms with Crippen molar-refractivity contribution in [3.8, 4) is 5.75 Å². The van der Waals surface area contributed by atoms with Crippen molar-refractivity contribution < 1.29 is 27.5 Å². The number of para-hydroxylation sites is 1. The van der Waals surface area contributed by atoms with E-state index in [4.69, 9.17) is 4.74 Å². The molecule has 0 atom stereocenters. The van der Waals surface area contributed by atoms with Gasteiger partial charge >= 0.3 is 5.97 Å². The smallest absolute Gasteiger partial charge is 0.354 e. The molecule has 0 radical (unpaired) electrons. The minimum atomic E-state index is -4.16. The molecule has 34 heavy (non-hydrogen) atoms. The average molecular weight is 481 g/mol. The quantitative estimate of drug-likeness (QED) is 0.358. The van der Waals surface area contributed by atoms with Gasteiger partial charge in [-0.25, -0.2) is 13.2 Å². The number of benzene rings is 3. The Bertz CT molecular complexity index is 1320. The third kappa shape index (κ3) is 5.81. The summed E-state index contributed by atoms with van der Waals surface area (Å²) >= 11 is 0. The van der Waals surface area contributed by atoms with Gasteiger partial charge in [0.05, 0.1) is 19.1 Å². The molecule has 0 fully saturated rings. The minimum Gasteiger partial charge on any atom is -0.497 e. The first-order valence-electron chi connectivity index (χ1n) is 10.2. The SMILES string of the molecule is C=C(NS(=O)(=O)c1ccc(OC)cc1Cc1ccccc1NC(=O)c1ccccc1)C(=O)OC. The maximum absolute atomic E-state index is 13.0. The van der Waals surface area contributed by atoms with Gasteiger partial charge in [0.2, 0.25) is 0 Å². The second-order valence-electron chi connectivity index (χ2n) is 7.20. The van der Waals surface area contributed by atoms with Crippen molar-refractivity contribution in [1.82, 2.24) is 4.72 Å². The summed E-state index contributed by atoms with van der Waals surface area (Å²) in [5.74, 6) is -0.735. The highest BCUT2D eigenvalue weighted by Crippen LogP contribution is 2.27. The van der Waals surface area contributed by atoms with Crippen molar-refractivity contribution >= 4 is 27.6 Å². The summed E-state index contributed by atoms with van der Waals surface area (Å²) in [4.78, 5) is 24.3. The van der Waals surface area contributed by atoms with Gasteiger partial charge in [0.1, 0.15) is 11.4 Å². The maximum atomic E-state index is 13.0. The number of carbonyl (C=O) groups is 2. The summed E-state index contributed by atoms with van der Waals surface area (Å²) in [6.07, 6.45) is 0.156. The highest BCUT2D eigenvalue weighted by Gasteiger charge is 2.23. The van der Waals surface area contributed by atoms with E-state index in [0.717, 1.165) is 7.11 Å². The molecule has 0 aliphatic rings. The predicted octanol–water partition coefficient (Wildman–Crippen LogP) is 3.50. The third-order valence-corrected chi connectivity index (χ3v) is 6.42. The molecule has 0 saturated carbocycles. The van der Waals surface area contributed by atoms with E-state index < -0.39 is 21.7 Å². The van der Waals surface area contributed by atoms with Crippen LogP contribution < -0.4 is 14.8 Å². The number of ether oxygens (including phenoxy) is 2. The van der Waals surface area contributed by atoms with Crippen LogP contribution in [0.25, 0.3) is 0 Å². The normalized spacial score (nSPS) is 10.8. The van der Waals surface area contributed by atoms with E-state index in [0.29, 0.717) is 28.1 Å². The lowest BCUT2D eigenvalue weighted by atomic mass is 10.0. The Balaban J connectivity index is 1.96. The summed E-state index contributed by atoms with van der Waals surface area (Å²) in [6, 6.07) is 20.3. The Labute approximate surface area is 198 Å². The van der Waals surface area contributed by atoms with Crippen LogP contribution in [0.1, 0.15) is 21.5 Å². The van der Waals surface area contributed by atoms with Crippen molar-refractivity contribution in [3.63, 3.8) is 0 Å². The lowest BCUT2D eigenvalue weighted by Gasteiger charge is -2.16. The van der Waals surface area contributed by atoms with Crippen LogP contribution in [0, 0.1) is 0 Å². The summed E-state index contributed by atoms with van der Waals surface area (Å²) in [5, 5.41) is 2.88. The maximum Gasteiger partial charge on any atom is 0.354 e. The van der Waals surface area contributed by atoms with E-state index in [1.165, 1.54) is 19.2 Å². The van der Waals surface area contributed by atoms with Crippen molar-refractivity contribution in [1.29, 1.82) is 0 Å². The molecule has 3 aromatic carbocycles. The van der Waals surface area contributed by atoms with Gasteiger partial charge in [-0.15, -0.1) is 0 Å². The van der Waals surface area contributed by atoms with Crippen LogP contribution in [0.5, 0.6) is 5.75 Å². The van der Waals surface area contributed by atoms with Crippen LogP contribution in [0.3, 0.4) is 0 Å². The molecule has 8 nitrogen and oxygen atoms in total. The zero-order valence-corrected chi connectivity index (χ0v) is 19.5. The molecule has 1 amide bonds. The number of hydrogen-bond acceptors (Lipinski definition) is 6. The summed E-state index contributed by atoms with van der Waals surface area (Å²) in [6.45, 7) is 3.42. The molecule has 3 rings (SSSR count). The van der Waals surface area contributed by atoms with Crippen LogP contribution in [0.2, 0.25) is 0 Å². The monoisotopic (exact) mass is 480 g/mol. The number of methoxy groups -OCH3 is 2. The van der Waals surface area contributed by atoms with Crippen LogP contribution in [0.15, 0.2) is 90.0 Å². The molecule has 0 saturated heterocycles. The molecular weight excluding hydrogens is 456 g/mol. The van der Waals surface area contributed by atoms with E-state index in [9.17, 15) is 18.0 Å². The molecule has 0 bridgehead atoms. The molecule has 0 spiro atoms. The predicted molar refractivity (Wildman–Crippen MR) is 128 cm³/mol. The molecule has 0 aliphatic carbocycles. The molecular formula is C25H24N2O6S. The molecule has 176 valence electrons. The largest absolute Gasteiger partial charge is 0.497 e. The molecule has 0 unspecified atom stereocenters. The van der Waals surface area contributed by atoms with Gasteiger partial charge in [-0.05, 0) is 47.5 Å². The highest BCUT2D eigenvalue weighted by molar-refractivity contribution is 7.89. The average Bonchev–Trinajstić information content (AvgIpc) is 2.84. The molecule has 0 aliphatic heterocycles. The van der Waals surface area contributed by atoms with Crippen molar-refractivity contribution in [2.24, 2.45) is 0 Å². The van der Waals surface area contributed by atoms with Crippen LogP contribution in [-0.2, 0) is 26.0 Å². The standard InChI is InChI=1S/C25H24N2O6S/c1-17(25(29)33-3)27-34(30,31)23-14-13-21(32-2)16-20(23)15-19-11-7-8-12-22(19)26-24(28)18-9-5-4-6-10-18/h4-14,16,27H,1,15H2,2-3H3,(H,26,28). The Hall–Kier alpha value is -4.11. The van der Waals surface area contributed by atoms with Gasteiger partial charge in [0.25, 0.3) is 15.9 Å². The molecule has 0 aromatic heterocycles. The highest BCUT2D eigenvalue weighted by atomic mass is 32.2. The van der Waals surface area contributed by atoms with Gasteiger partial charge in [-0.2, -0.15) is 0 Å². The zero-order valence-electron chi connectivity index (χ0n) is 18.7. The number of anilines is 1. The molecule has 9 heteroatoms. The van der Waals surface area contributed by atoms with Crippen LogP contribution >= 0.6 is 0 Å². The Morgan fingerprint density at radius 3 is 2.26 bits per heavy atom. The number of amides is 1. The Morgan fingerprint density at radius 2 is 1.59 bits per heavy atom. The first-order chi connectivity index (χ1) is 16.2. The van der Waals surface area contributed by atoms with E-state index >= 15 is 0 Å². The first kappa shape index (κ1) is 24.5. The van der Waals surface area contributed by atoms with Crippen molar-refractivity contribution in [3.05, 3.63) is 102 Å². The van der Waals surface area contributed by atoms with Gasteiger partial charge in [0.15, 0.2) is 0 Å². The third-order valence-electron chi connectivity index (χ3n) is 4.93. The van der Waals surface area contributed by atoms with E-state index in [-0.39, 0.29) is 17.2 Å². The van der Waals surface area contributed by atoms with Gasteiger partial charge in [-0.1, -0.05) is 43.0 Å². The number of sulfonamides is 1. The van der Waals surface area contributed by atoms with Gasteiger partial charge in [-0.3, -0.25) is 9.52 Å². The fraction of sp³-hybridized carbons (Fsp3) is 0.120. The fourth-order valence-electron chi connectivity index (χ4n) is 3.25.